The van der Waals surface area contributed by atoms with Crippen LogP contribution in [0.1, 0.15) is 22.8 Å². The summed E-state index contributed by atoms with van der Waals surface area (Å²) in [6.45, 7) is 0.934. The molecule has 1 aromatic carbocycles. The van der Waals surface area contributed by atoms with Crippen LogP contribution in [0.4, 0.5) is 13.2 Å². The van der Waals surface area contributed by atoms with E-state index in [9.17, 15) is 18.0 Å². The molecule has 1 heterocycles. The fourth-order valence-corrected chi connectivity index (χ4v) is 2.71. The summed E-state index contributed by atoms with van der Waals surface area (Å²) >= 11 is 3.31. The van der Waals surface area contributed by atoms with Crippen LogP contribution in [0.2, 0.25) is 0 Å². The lowest BCUT2D eigenvalue weighted by atomic mass is 9.98. The average molecular weight is 352 g/mol. The van der Waals surface area contributed by atoms with Crippen molar-refractivity contribution in [1.29, 1.82) is 0 Å². The van der Waals surface area contributed by atoms with E-state index in [-0.39, 0.29) is 12.1 Å². The lowest BCUT2D eigenvalue weighted by Crippen LogP contribution is -2.43. The minimum Gasteiger partial charge on any atom is -0.493 e. The fourth-order valence-electron chi connectivity index (χ4n) is 2.23. The number of rotatable bonds is 3. The third-order valence-corrected chi connectivity index (χ3v) is 3.43. The van der Waals surface area contributed by atoms with E-state index < -0.39 is 18.6 Å². The molecule has 0 bridgehead atoms. The molecule has 3 nitrogen and oxygen atoms in total. The maximum atomic E-state index is 12.5. The van der Waals surface area contributed by atoms with E-state index >= 15 is 0 Å². The Morgan fingerprint density at radius 3 is 2.70 bits per heavy atom. The average Bonchev–Trinajstić information content (AvgIpc) is 2.31. The number of benzene rings is 1. The Morgan fingerprint density at radius 1 is 1.40 bits per heavy atom. The molecule has 0 fully saturated rings. The third kappa shape index (κ3) is 3.26. The van der Waals surface area contributed by atoms with Gasteiger partial charge in [-0.15, -0.1) is 0 Å². The Morgan fingerprint density at radius 2 is 2.10 bits per heavy atom. The number of ether oxygens (including phenoxy) is 1. The lowest BCUT2D eigenvalue weighted by Gasteiger charge is -2.30. The van der Waals surface area contributed by atoms with Crippen LogP contribution in [0.15, 0.2) is 16.6 Å². The monoisotopic (exact) mass is 351 g/mol. The molecular weight excluding hydrogens is 339 g/mol. The van der Waals surface area contributed by atoms with E-state index in [2.05, 4.69) is 15.9 Å². The van der Waals surface area contributed by atoms with Gasteiger partial charge in [0.05, 0.1) is 12.2 Å². The molecule has 0 spiro atoms. The van der Waals surface area contributed by atoms with Crippen LogP contribution in [0.25, 0.3) is 0 Å². The molecule has 0 N–H and O–H groups in total. The van der Waals surface area contributed by atoms with Crippen molar-refractivity contribution in [3.05, 3.63) is 27.7 Å². The minimum atomic E-state index is -4.39. The number of hydrogen-bond donors (Lipinski definition) is 0. The normalized spacial score (nSPS) is 15.2. The summed E-state index contributed by atoms with van der Waals surface area (Å²) in [6, 6.07) is 3.36. The van der Waals surface area contributed by atoms with Gasteiger partial charge < -0.3 is 9.64 Å². The summed E-state index contributed by atoms with van der Waals surface area (Å²) in [5.41, 5.74) is 0.955. The number of carbonyl (C=O) groups is 1. The van der Waals surface area contributed by atoms with Crippen molar-refractivity contribution in [2.75, 3.05) is 19.7 Å². The summed E-state index contributed by atoms with van der Waals surface area (Å²) in [5, 5.41) is 0. The molecule has 20 heavy (non-hydrogen) atoms. The highest BCUT2D eigenvalue weighted by atomic mass is 79.9. The van der Waals surface area contributed by atoms with Gasteiger partial charge in [-0.3, -0.25) is 4.79 Å². The first-order chi connectivity index (χ1) is 9.31. The summed E-state index contributed by atoms with van der Waals surface area (Å²) in [6.07, 6.45) is -4.01. The quantitative estimate of drug-likeness (QED) is 0.835. The zero-order chi connectivity index (χ0) is 14.9. The first kappa shape index (κ1) is 15.2. The van der Waals surface area contributed by atoms with Gasteiger partial charge in [0.15, 0.2) is 0 Å². The molecule has 1 amide bonds. The molecule has 0 saturated heterocycles. The molecule has 1 aromatic rings. The van der Waals surface area contributed by atoms with E-state index in [4.69, 9.17) is 4.74 Å². The second kappa shape index (κ2) is 5.63. The van der Waals surface area contributed by atoms with Gasteiger partial charge in [-0.2, -0.15) is 13.2 Å². The molecule has 7 heteroatoms. The first-order valence-electron chi connectivity index (χ1n) is 6.13. The molecular formula is C13H13BrF3NO2. The topological polar surface area (TPSA) is 29.5 Å². The number of amides is 1. The minimum absolute atomic E-state index is 0.0629. The Labute approximate surface area is 122 Å². The second-order valence-corrected chi connectivity index (χ2v) is 5.38. The van der Waals surface area contributed by atoms with Crippen LogP contribution in [-0.4, -0.2) is 36.7 Å². The third-order valence-electron chi connectivity index (χ3n) is 2.97. The van der Waals surface area contributed by atoms with E-state index in [1.165, 1.54) is 0 Å². The van der Waals surface area contributed by atoms with Crippen molar-refractivity contribution < 1.29 is 22.7 Å². The number of carbonyl (C=O) groups excluding carboxylic acids is 1. The van der Waals surface area contributed by atoms with Gasteiger partial charge in [-0.05, 0) is 31.0 Å². The number of hydrogen-bond acceptors (Lipinski definition) is 2. The largest absolute Gasteiger partial charge is 0.493 e. The van der Waals surface area contributed by atoms with Gasteiger partial charge in [0.25, 0.3) is 5.91 Å². The molecule has 0 aromatic heterocycles. The van der Waals surface area contributed by atoms with Crippen LogP contribution in [0, 0.1) is 0 Å². The SMILES string of the molecule is CCOc1cc(Br)cc2c1C(=O)N(CC(F)(F)F)CC2. The van der Waals surface area contributed by atoms with Crippen LogP contribution in [0.3, 0.4) is 0 Å². The first-order valence-corrected chi connectivity index (χ1v) is 6.92. The molecule has 0 unspecified atom stereocenters. The van der Waals surface area contributed by atoms with Gasteiger partial charge in [0.1, 0.15) is 12.3 Å². The predicted molar refractivity (Wildman–Crippen MR) is 71.0 cm³/mol. The van der Waals surface area contributed by atoms with Crippen molar-refractivity contribution in [2.45, 2.75) is 19.5 Å². The zero-order valence-electron chi connectivity index (χ0n) is 10.8. The molecule has 1 aliphatic heterocycles. The zero-order valence-corrected chi connectivity index (χ0v) is 12.3. The summed E-state index contributed by atoms with van der Waals surface area (Å²) in [4.78, 5) is 13.1. The summed E-state index contributed by atoms with van der Waals surface area (Å²) in [7, 11) is 0. The van der Waals surface area contributed by atoms with Crippen molar-refractivity contribution >= 4 is 21.8 Å². The summed E-state index contributed by atoms with van der Waals surface area (Å²) in [5.74, 6) is -0.298. The highest BCUT2D eigenvalue weighted by Crippen LogP contribution is 2.33. The number of nitrogens with zero attached hydrogens (tertiary/aromatic N) is 1. The fraction of sp³-hybridized carbons (Fsp3) is 0.462. The molecule has 2 rings (SSSR count). The summed E-state index contributed by atoms with van der Waals surface area (Å²) < 4.78 is 43.5. The molecule has 0 radical (unpaired) electrons. The van der Waals surface area contributed by atoms with Crippen molar-refractivity contribution in [3.63, 3.8) is 0 Å². The van der Waals surface area contributed by atoms with Crippen LogP contribution in [0.5, 0.6) is 5.75 Å². The van der Waals surface area contributed by atoms with E-state index in [1.54, 1.807) is 19.1 Å². The van der Waals surface area contributed by atoms with Crippen molar-refractivity contribution in [2.24, 2.45) is 0 Å². The van der Waals surface area contributed by atoms with Gasteiger partial charge >= 0.3 is 6.18 Å². The van der Waals surface area contributed by atoms with E-state index in [0.717, 1.165) is 9.37 Å². The molecule has 110 valence electrons. The van der Waals surface area contributed by atoms with Crippen molar-refractivity contribution in [1.82, 2.24) is 4.90 Å². The molecule has 1 aliphatic rings. The standard InChI is InChI=1S/C13H13BrF3NO2/c1-2-20-10-6-9(14)5-8-3-4-18(7-13(15,16)17)12(19)11(8)10/h5-6H,2-4,7H2,1H3. The Balaban J connectivity index is 2.37. The Bertz CT molecular complexity index is 531. The van der Waals surface area contributed by atoms with E-state index in [0.29, 0.717) is 24.3 Å². The highest BCUT2D eigenvalue weighted by Gasteiger charge is 2.36. The Kier molecular flexibility index (Phi) is 4.27. The van der Waals surface area contributed by atoms with Crippen LogP contribution < -0.4 is 4.74 Å². The van der Waals surface area contributed by atoms with Gasteiger partial charge in [0, 0.05) is 11.0 Å². The number of alkyl halides is 3. The predicted octanol–water partition coefficient (Wildman–Crippen LogP) is 3.41. The number of fused-ring (bicyclic) bond motifs is 1. The molecule has 0 aliphatic carbocycles. The maximum absolute atomic E-state index is 12.5. The second-order valence-electron chi connectivity index (χ2n) is 4.46. The Hall–Kier alpha value is -1.24. The van der Waals surface area contributed by atoms with Gasteiger partial charge in [-0.1, -0.05) is 15.9 Å². The van der Waals surface area contributed by atoms with Crippen LogP contribution in [-0.2, 0) is 6.42 Å². The smallest absolute Gasteiger partial charge is 0.406 e. The number of halogens is 4. The molecule has 0 atom stereocenters. The maximum Gasteiger partial charge on any atom is 0.406 e. The lowest BCUT2D eigenvalue weighted by molar-refractivity contribution is -0.141. The van der Waals surface area contributed by atoms with E-state index in [1.807, 2.05) is 0 Å². The highest BCUT2D eigenvalue weighted by molar-refractivity contribution is 9.10. The van der Waals surface area contributed by atoms with Gasteiger partial charge in [0.2, 0.25) is 0 Å². The molecule has 0 saturated carbocycles. The van der Waals surface area contributed by atoms with Crippen molar-refractivity contribution in [3.8, 4) is 5.75 Å². The van der Waals surface area contributed by atoms with Gasteiger partial charge in [-0.25, -0.2) is 0 Å². The van der Waals surface area contributed by atoms with Crippen LogP contribution >= 0.6 is 15.9 Å².